The average molecular weight is 403 g/mol. The van der Waals surface area contributed by atoms with Gasteiger partial charge in [-0.25, -0.2) is 9.97 Å². The Bertz CT molecular complexity index is 1060. The summed E-state index contributed by atoms with van der Waals surface area (Å²) in [5.74, 6) is 2.28. The van der Waals surface area contributed by atoms with Crippen molar-refractivity contribution in [2.24, 2.45) is 0 Å². The highest BCUT2D eigenvalue weighted by molar-refractivity contribution is 6.04. The molecule has 0 N–H and O–H groups in total. The molecule has 0 bridgehead atoms. The van der Waals surface area contributed by atoms with E-state index < -0.39 is 0 Å². The summed E-state index contributed by atoms with van der Waals surface area (Å²) in [6.07, 6.45) is 14.2. The predicted molar refractivity (Wildman–Crippen MR) is 115 cm³/mol. The molecule has 1 amide bonds. The minimum atomic E-state index is -0.184. The van der Waals surface area contributed by atoms with Gasteiger partial charge in [0.05, 0.1) is 6.20 Å². The van der Waals surface area contributed by atoms with Crippen LogP contribution in [0.3, 0.4) is 0 Å². The van der Waals surface area contributed by atoms with Crippen molar-refractivity contribution in [3.63, 3.8) is 0 Å². The fourth-order valence-electron chi connectivity index (χ4n) is 4.67. The number of likely N-dealkylation sites (N-methyl/N-ethyl adjacent to an activating group) is 1. The van der Waals surface area contributed by atoms with Gasteiger partial charge in [0.25, 0.3) is 0 Å². The molecule has 8 nitrogen and oxygen atoms in total. The fourth-order valence-corrected chi connectivity index (χ4v) is 4.67. The van der Waals surface area contributed by atoms with Crippen LogP contribution in [0, 0.1) is 0 Å². The van der Waals surface area contributed by atoms with Gasteiger partial charge in [-0.3, -0.25) is 14.3 Å². The van der Waals surface area contributed by atoms with E-state index in [-0.39, 0.29) is 11.9 Å². The van der Waals surface area contributed by atoms with E-state index in [0.717, 1.165) is 42.2 Å². The Morgan fingerprint density at radius 1 is 1.10 bits per heavy atom. The van der Waals surface area contributed by atoms with Crippen LogP contribution in [0.15, 0.2) is 43.1 Å². The minimum Gasteiger partial charge on any atom is -0.340 e. The van der Waals surface area contributed by atoms with E-state index in [0.29, 0.717) is 12.0 Å². The van der Waals surface area contributed by atoms with Gasteiger partial charge in [0.15, 0.2) is 5.82 Å². The van der Waals surface area contributed by atoms with Crippen molar-refractivity contribution in [1.29, 1.82) is 0 Å². The highest BCUT2D eigenvalue weighted by Crippen LogP contribution is 2.39. The first-order chi connectivity index (χ1) is 14.7. The van der Waals surface area contributed by atoms with Crippen molar-refractivity contribution in [3.8, 4) is 17.3 Å². The maximum atomic E-state index is 13.0. The van der Waals surface area contributed by atoms with E-state index in [1.165, 1.54) is 12.8 Å². The molecule has 2 aliphatic rings. The average Bonchev–Trinajstić information content (AvgIpc) is 3.48. The molecule has 0 radical (unpaired) electrons. The van der Waals surface area contributed by atoms with E-state index >= 15 is 0 Å². The van der Waals surface area contributed by atoms with Crippen molar-refractivity contribution in [2.45, 2.75) is 51.1 Å². The van der Waals surface area contributed by atoms with E-state index in [9.17, 15) is 4.79 Å². The molecule has 3 aromatic rings. The van der Waals surface area contributed by atoms with E-state index in [2.05, 4.69) is 26.8 Å². The molecule has 1 fully saturated rings. The molecule has 1 aliphatic heterocycles. The topological polar surface area (TPSA) is 80.0 Å². The van der Waals surface area contributed by atoms with Gasteiger partial charge in [-0.05, 0) is 31.4 Å². The van der Waals surface area contributed by atoms with Crippen molar-refractivity contribution in [2.75, 3.05) is 16.8 Å². The van der Waals surface area contributed by atoms with Crippen LogP contribution in [0.1, 0.15) is 39.0 Å². The number of nitrogens with zero attached hydrogens (tertiary/aromatic N) is 7. The maximum absolute atomic E-state index is 13.0. The van der Waals surface area contributed by atoms with Crippen molar-refractivity contribution in [1.82, 2.24) is 24.5 Å². The quantitative estimate of drug-likeness (QED) is 0.665. The number of rotatable bonds is 4. The Balaban J connectivity index is 1.63. The Labute approximate surface area is 175 Å². The van der Waals surface area contributed by atoms with Gasteiger partial charge in [-0.1, -0.05) is 19.8 Å². The summed E-state index contributed by atoms with van der Waals surface area (Å²) in [5.41, 5.74) is 1.72. The van der Waals surface area contributed by atoms with E-state index in [4.69, 9.17) is 4.98 Å². The zero-order chi connectivity index (χ0) is 20.7. The standard InChI is InChI=1S/C22H25N7O/c1-3-17-21(30)27(2)18-14-25-22(26-20(18)29(17)16-6-4-5-7-16)28-13-12-24-19(28)15-8-10-23-11-9-15/h8-14,16-17H,3-7H2,1-2H3. The second kappa shape index (κ2) is 7.51. The van der Waals surface area contributed by atoms with E-state index in [1.807, 2.05) is 29.9 Å². The van der Waals surface area contributed by atoms with Crippen LogP contribution in [-0.2, 0) is 4.79 Å². The van der Waals surface area contributed by atoms with E-state index in [1.54, 1.807) is 29.7 Å². The molecule has 1 atom stereocenters. The number of fused-ring (bicyclic) bond motifs is 1. The number of carbonyl (C=O) groups excluding carboxylic acids is 1. The molecule has 5 rings (SSSR count). The van der Waals surface area contributed by atoms with Crippen molar-refractivity contribution >= 4 is 17.4 Å². The largest absolute Gasteiger partial charge is 0.340 e. The summed E-state index contributed by atoms with van der Waals surface area (Å²) >= 11 is 0. The lowest BCUT2D eigenvalue weighted by atomic mass is 10.0. The van der Waals surface area contributed by atoms with Gasteiger partial charge in [0.1, 0.15) is 17.6 Å². The molecule has 0 saturated heterocycles. The number of anilines is 2. The van der Waals surface area contributed by atoms with Crippen LogP contribution in [0.5, 0.6) is 0 Å². The predicted octanol–water partition coefficient (Wildman–Crippen LogP) is 3.23. The molecular weight excluding hydrogens is 378 g/mol. The van der Waals surface area contributed by atoms with Crippen LogP contribution in [-0.4, -0.2) is 49.5 Å². The fraction of sp³-hybridized carbons (Fsp3) is 0.409. The molecule has 0 aromatic carbocycles. The lowest BCUT2D eigenvalue weighted by Gasteiger charge is -2.43. The lowest BCUT2D eigenvalue weighted by molar-refractivity contribution is -0.120. The van der Waals surface area contributed by atoms with Gasteiger partial charge in [0, 0.05) is 43.4 Å². The molecule has 1 aliphatic carbocycles. The lowest BCUT2D eigenvalue weighted by Crippen LogP contribution is -2.55. The van der Waals surface area contributed by atoms with Crippen LogP contribution in [0.25, 0.3) is 17.3 Å². The zero-order valence-corrected chi connectivity index (χ0v) is 17.3. The Morgan fingerprint density at radius 2 is 1.87 bits per heavy atom. The molecule has 4 heterocycles. The molecule has 3 aromatic heterocycles. The highest BCUT2D eigenvalue weighted by atomic mass is 16.2. The monoisotopic (exact) mass is 403 g/mol. The number of imidazole rings is 1. The smallest absolute Gasteiger partial charge is 0.249 e. The summed E-state index contributed by atoms with van der Waals surface area (Å²) in [6.45, 7) is 2.07. The zero-order valence-electron chi connectivity index (χ0n) is 17.3. The van der Waals surface area contributed by atoms with Gasteiger partial charge in [-0.2, -0.15) is 4.98 Å². The Kier molecular flexibility index (Phi) is 4.69. The second-order valence-electron chi connectivity index (χ2n) is 7.90. The van der Waals surface area contributed by atoms with Crippen molar-refractivity contribution < 1.29 is 4.79 Å². The van der Waals surface area contributed by atoms with Crippen LogP contribution >= 0.6 is 0 Å². The van der Waals surface area contributed by atoms with Crippen LogP contribution in [0.4, 0.5) is 11.5 Å². The summed E-state index contributed by atoms with van der Waals surface area (Å²) in [7, 11) is 1.82. The normalized spacial score (nSPS) is 19.4. The molecule has 154 valence electrons. The summed E-state index contributed by atoms with van der Waals surface area (Å²) in [5, 5.41) is 0. The molecule has 1 saturated carbocycles. The summed E-state index contributed by atoms with van der Waals surface area (Å²) in [6, 6.07) is 4.00. The second-order valence-corrected chi connectivity index (χ2v) is 7.90. The number of hydrogen-bond donors (Lipinski definition) is 0. The molecule has 30 heavy (non-hydrogen) atoms. The number of pyridine rings is 1. The molecule has 8 heteroatoms. The molecule has 0 spiro atoms. The number of amides is 1. The highest BCUT2D eigenvalue weighted by Gasteiger charge is 2.41. The summed E-state index contributed by atoms with van der Waals surface area (Å²) < 4.78 is 1.89. The van der Waals surface area contributed by atoms with Gasteiger partial charge in [0.2, 0.25) is 11.9 Å². The van der Waals surface area contributed by atoms with Crippen LogP contribution < -0.4 is 9.80 Å². The third-order valence-electron chi connectivity index (χ3n) is 6.19. The first-order valence-electron chi connectivity index (χ1n) is 10.6. The first kappa shape index (κ1) is 18.7. The molecular formula is C22H25N7O. The SMILES string of the molecule is CCC1C(=O)N(C)c2cnc(-n3ccnc3-c3ccncc3)nc2N1C1CCCC1. The van der Waals surface area contributed by atoms with Gasteiger partial charge >= 0.3 is 0 Å². The maximum Gasteiger partial charge on any atom is 0.249 e. The third kappa shape index (κ3) is 2.94. The van der Waals surface area contributed by atoms with Crippen molar-refractivity contribution in [3.05, 3.63) is 43.1 Å². The Morgan fingerprint density at radius 3 is 2.60 bits per heavy atom. The number of carbonyl (C=O) groups is 1. The minimum absolute atomic E-state index is 0.119. The first-order valence-corrected chi connectivity index (χ1v) is 10.6. The van der Waals surface area contributed by atoms with Gasteiger partial charge in [-0.15, -0.1) is 0 Å². The van der Waals surface area contributed by atoms with Gasteiger partial charge < -0.3 is 9.80 Å². The Hall–Kier alpha value is -3.29. The van der Waals surface area contributed by atoms with Crippen LogP contribution in [0.2, 0.25) is 0 Å². The number of aromatic nitrogens is 5. The molecule has 1 unspecified atom stereocenters. The number of hydrogen-bond acceptors (Lipinski definition) is 6. The summed E-state index contributed by atoms with van der Waals surface area (Å²) in [4.78, 5) is 35.2. The third-order valence-corrected chi connectivity index (χ3v) is 6.19.